The maximum absolute atomic E-state index is 12.1. The summed E-state index contributed by atoms with van der Waals surface area (Å²) in [7, 11) is 0. The van der Waals surface area contributed by atoms with Crippen molar-refractivity contribution in [1.29, 1.82) is 0 Å². The highest BCUT2D eigenvalue weighted by atomic mass is 79.9. The van der Waals surface area contributed by atoms with Crippen LogP contribution in [0.25, 0.3) is 10.6 Å². The van der Waals surface area contributed by atoms with E-state index < -0.39 is 5.97 Å². The molecule has 1 aromatic carbocycles. The SMILES string of the molecule is Cc1csc(-c2ccc(C(=O)OCCNC(=O)c3cncc(Br)c3)cc2)n1. The van der Waals surface area contributed by atoms with Gasteiger partial charge in [0.05, 0.1) is 17.7 Å². The van der Waals surface area contributed by atoms with Crippen molar-refractivity contribution < 1.29 is 14.3 Å². The van der Waals surface area contributed by atoms with Crippen LogP contribution < -0.4 is 5.32 Å². The van der Waals surface area contributed by atoms with Crippen molar-refractivity contribution in [3.05, 3.63) is 69.4 Å². The van der Waals surface area contributed by atoms with E-state index in [1.807, 2.05) is 24.4 Å². The van der Waals surface area contributed by atoms with Gasteiger partial charge < -0.3 is 10.1 Å². The second-order valence-corrected chi connectivity index (χ2v) is 7.43. The standard InChI is InChI=1S/C19H16BrN3O3S/c1-12-11-27-18(23-12)13-2-4-14(5-3-13)19(25)26-7-6-22-17(24)15-8-16(20)10-21-9-15/h2-5,8-11H,6-7H2,1H3,(H,22,24). The number of aromatic nitrogens is 2. The average Bonchev–Trinajstić information content (AvgIpc) is 3.11. The first-order valence-corrected chi connectivity index (χ1v) is 9.78. The Morgan fingerprint density at radius 2 is 1.96 bits per heavy atom. The Hall–Kier alpha value is -2.58. The maximum atomic E-state index is 12.1. The molecule has 0 aliphatic heterocycles. The molecular weight excluding hydrogens is 430 g/mol. The molecule has 6 nitrogen and oxygen atoms in total. The zero-order valence-corrected chi connectivity index (χ0v) is 16.8. The van der Waals surface area contributed by atoms with Gasteiger partial charge in [-0.1, -0.05) is 12.1 Å². The number of hydrogen-bond acceptors (Lipinski definition) is 6. The molecule has 0 radical (unpaired) electrons. The summed E-state index contributed by atoms with van der Waals surface area (Å²) in [6.45, 7) is 2.24. The Morgan fingerprint density at radius 3 is 2.63 bits per heavy atom. The van der Waals surface area contributed by atoms with Gasteiger partial charge in [-0.2, -0.15) is 0 Å². The minimum absolute atomic E-state index is 0.0828. The topological polar surface area (TPSA) is 81.2 Å². The largest absolute Gasteiger partial charge is 0.460 e. The van der Waals surface area contributed by atoms with E-state index in [4.69, 9.17) is 4.74 Å². The third kappa shape index (κ3) is 5.21. The van der Waals surface area contributed by atoms with Gasteiger partial charge in [-0.15, -0.1) is 11.3 Å². The van der Waals surface area contributed by atoms with E-state index in [9.17, 15) is 9.59 Å². The van der Waals surface area contributed by atoms with Crippen molar-refractivity contribution >= 4 is 39.1 Å². The summed E-state index contributed by atoms with van der Waals surface area (Å²) in [6.07, 6.45) is 3.07. The number of nitrogens with one attached hydrogen (secondary N) is 1. The number of thiazole rings is 1. The van der Waals surface area contributed by atoms with Crippen LogP contribution in [0.5, 0.6) is 0 Å². The molecule has 0 unspecified atom stereocenters. The number of aryl methyl sites for hydroxylation is 1. The number of carbonyl (C=O) groups is 2. The Kier molecular flexibility index (Phi) is 6.31. The van der Waals surface area contributed by atoms with Crippen LogP contribution in [0.1, 0.15) is 26.4 Å². The predicted octanol–water partition coefficient (Wildman–Crippen LogP) is 3.86. The van der Waals surface area contributed by atoms with Crippen LogP contribution in [0.4, 0.5) is 0 Å². The molecule has 27 heavy (non-hydrogen) atoms. The zero-order chi connectivity index (χ0) is 19.2. The molecule has 0 aliphatic rings. The number of nitrogens with zero attached hydrogens (tertiary/aromatic N) is 2. The minimum Gasteiger partial charge on any atom is -0.460 e. The number of pyridine rings is 1. The molecule has 0 fully saturated rings. The number of benzene rings is 1. The molecule has 3 aromatic rings. The fourth-order valence-corrected chi connectivity index (χ4v) is 3.43. The Labute approximate surface area is 168 Å². The van der Waals surface area contributed by atoms with Crippen molar-refractivity contribution in [3.8, 4) is 10.6 Å². The molecule has 0 saturated carbocycles. The molecule has 0 saturated heterocycles. The minimum atomic E-state index is -0.435. The predicted molar refractivity (Wildman–Crippen MR) is 107 cm³/mol. The monoisotopic (exact) mass is 445 g/mol. The molecule has 0 aliphatic carbocycles. The summed E-state index contributed by atoms with van der Waals surface area (Å²) in [5.41, 5.74) is 2.82. The van der Waals surface area contributed by atoms with E-state index >= 15 is 0 Å². The fraction of sp³-hybridized carbons (Fsp3) is 0.158. The van der Waals surface area contributed by atoms with Crippen LogP contribution in [0.15, 0.2) is 52.6 Å². The molecule has 1 N–H and O–H groups in total. The van der Waals surface area contributed by atoms with E-state index in [-0.39, 0.29) is 19.1 Å². The zero-order valence-electron chi connectivity index (χ0n) is 14.4. The molecular formula is C19H16BrN3O3S. The van der Waals surface area contributed by atoms with Gasteiger partial charge in [-0.25, -0.2) is 9.78 Å². The maximum Gasteiger partial charge on any atom is 0.338 e. The Morgan fingerprint density at radius 1 is 1.19 bits per heavy atom. The number of esters is 1. The normalized spacial score (nSPS) is 10.4. The summed E-state index contributed by atoms with van der Waals surface area (Å²) in [4.78, 5) is 32.4. The molecule has 8 heteroatoms. The van der Waals surface area contributed by atoms with Crippen LogP contribution in [-0.4, -0.2) is 35.0 Å². The lowest BCUT2D eigenvalue weighted by molar-refractivity contribution is 0.0503. The van der Waals surface area contributed by atoms with Crippen LogP contribution in [0.2, 0.25) is 0 Å². The van der Waals surface area contributed by atoms with Gasteiger partial charge >= 0.3 is 5.97 Å². The summed E-state index contributed by atoms with van der Waals surface area (Å²) < 4.78 is 5.92. The highest BCUT2D eigenvalue weighted by Gasteiger charge is 2.10. The van der Waals surface area contributed by atoms with E-state index in [1.54, 1.807) is 35.7 Å². The van der Waals surface area contributed by atoms with Gasteiger partial charge in [0.1, 0.15) is 11.6 Å². The number of rotatable bonds is 6. The number of hydrogen-bond donors (Lipinski definition) is 1. The molecule has 0 atom stereocenters. The third-order valence-corrected chi connectivity index (χ3v) is 5.02. The summed E-state index contributed by atoms with van der Waals surface area (Å²) in [5.74, 6) is -0.710. The van der Waals surface area contributed by atoms with E-state index in [1.165, 1.54) is 6.20 Å². The third-order valence-electron chi connectivity index (χ3n) is 3.57. The summed E-state index contributed by atoms with van der Waals surface area (Å²) in [6, 6.07) is 8.77. The molecule has 3 rings (SSSR count). The highest BCUT2D eigenvalue weighted by Crippen LogP contribution is 2.23. The molecule has 2 heterocycles. The lowest BCUT2D eigenvalue weighted by atomic mass is 10.1. The molecule has 2 aromatic heterocycles. The first-order chi connectivity index (χ1) is 13.0. The van der Waals surface area contributed by atoms with Gasteiger partial charge in [0.2, 0.25) is 0 Å². The van der Waals surface area contributed by atoms with Crippen molar-refractivity contribution in [2.24, 2.45) is 0 Å². The van der Waals surface area contributed by atoms with Gasteiger partial charge in [-0.05, 0) is 41.1 Å². The van der Waals surface area contributed by atoms with Crippen LogP contribution >= 0.6 is 27.3 Å². The fourth-order valence-electron chi connectivity index (χ4n) is 2.27. The van der Waals surface area contributed by atoms with Crippen LogP contribution in [0.3, 0.4) is 0 Å². The summed E-state index contributed by atoms with van der Waals surface area (Å²) in [5, 5.41) is 5.58. The second kappa shape index (κ2) is 8.88. The van der Waals surface area contributed by atoms with Gasteiger partial charge in [0, 0.05) is 33.5 Å². The second-order valence-electron chi connectivity index (χ2n) is 5.66. The summed E-state index contributed by atoms with van der Waals surface area (Å²) >= 11 is 4.82. The smallest absolute Gasteiger partial charge is 0.338 e. The molecule has 138 valence electrons. The lowest BCUT2D eigenvalue weighted by Gasteiger charge is -2.07. The average molecular weight is 446 g/mol. The quantitative estimate of drug-likeness (QED) is 0.460. The number of amides is 1. The van der Waals surface area contributed by atoms with Gasteiger partial charge in [0.25, 0.3) is 5.91 Å². The molecule has 1 amide bonds. The van der Waals surface area contributed by atoms with Crippen molar-refractivity contribution in [3.63, 3.8) is 0 Å². The van der Waals surface area contributed by atoms with Crippen molar-refractivity contribution in [1.82, 2.24) is 15.3 Å². The van der Waals surface area contributed by atoms with E-state index in [0.29, 0.717) is 11.1 Å². The van der Waals surface area contributed by atoms with Crippen LogP contribution in [0, 0.1) is 6.92 Å². The number of halogens is 1. The number of carbonyl (C=O) groups excluding carboxylic acids is 2. The van der Waals surface area contributed by atoms with E-state index in [2.05, 4.69) is 31.2 Å². The van der Waals surface area contributed by atoms with Gasteiger partial charge in [0.15, 0.2) is 0 Å². The molecule has 0 bridgehead atoms. The Bertz CT molecular complexity index is 957. The van der Waals surface area contributed by atoms with Crippen molar-refractivity contribution in [2.45, 2.75) is 6.92 Å². The van der Waals surface area contributed by atoms with Gasteiger partial charge in [-0.3, -0.25) is 9.78 Å². The van der Waals surface area contributed by atoms with Crippen LogP contribution in [-0.2, 0) is 4.74 Å². The Balaban J connectivity index is 1.47. The van der Waals surface area contributed by atoms with E-state index in [0.717, 1.165) is 20.7 Å². The first kappa shape index (κ1) is 19.2. The van der Waals surface area contributed by atoms with Crippen molar-refractivity contribution in [2.75, 3.05) is 13.2 Å². The molecule has 0 spiro atoms. The number of ether oxygens (including phenoxy) is 1. The highest BCUT2D eigenvalue weighted by molar-refractivity contribution is 9.10. The first-order valence-electron chi connectivity index (χ1n) is 8.11. The lowest BCUT2D eigenvalue weighted by Crippen LogP contribution is -2.28.